The number of fused-ring (bicyclic) bond motifs is 2. The van der Waals surface area contributed by atoms with Crippen LogP contribution in [0.3, 0.4) is 0 Å². The molecule has 0 radical (unpaired) electrons. The molecule has 22 heavy (non-hydrogen) atoms. The Morgan fingerprint density at radius 1 is 0.909 bits per heavy atom. The fraction of sp³-hybridized carbons (Fsp3) is 1.00. The first-order valence-electron chi connectivity index (χ1n) is 10.3. The Morgan fingerprint density at radius 2 is 1.50 bits per heavy atom. The van der Waals surface area contributed by atoms with Crippen molar-refractivity contribution in [3.05, 3.63) is 0 Å². The lowest BCUT2D eigenvalue weighted by Gasteiger charge is -2.46. The number of hydrogen-bond donors (Lipinski definition) is 0. The van der Waals surface area contributed by atoms with Gasteiger partial charge in [-0.1, -0.05) is 72.1 Å². The van der Waals surface area contributed by atoms with Crippen molar-refractivity contribution < 1.29 is 0 Å². The highest BCUT2D eigenvalue weighted by atomic mass is 15.2. The predicted octanol–water partition coefficient (Wildman–Crippen LogP) is 5.33. The summed E-state index contributed by atoms with van der Waals surface area (Å²) in [4.78, 5) is 2.80. The molecule has 4 unspecified atom stereocenters. The Kier molecular flexibility index (Phi) is 7.31. The van der Waals surface area contributed by atoms with E-state index < -0.39 is 0 Å². The van der Waals surface area contributed by atoms with Gasteiger partial charge >= 0.3 is 0 Å². The van der Waals surface area contributed by atoms with Gasteiger partial charge in [0.05, 0.1) is 0 Å². The summed E-state index contributed by atoms with van der Waals surface area (Å²) in [5.41, 5.74) is 0.579. The molecular weight excluding hydrogens is 265 g/mol. The van der Waals surface area contributed by atoms with Crippen LogP contribution in [0.5, 0.6) is 0 Å². The third-order valence-corrected chi connectivity index (χ3v) is 6.82. The van der Waals surface area contributed by atoms with Gasteiger partial charge in [-0.05, 0) is 49.5 Å². The van der Waals surface area contributed by atoms with Gasteiger partial charge in [-0.3, -0.25) is 0 Å². The second-order valence-electron chi connectivity index (χ2n) is 8.61. The highest BCUT2D eigenvalue weighted by Crippen LogP contribution is 2.51. The Balaban J connectivity index is 1.92. The van der Waals surface area contributed by atoms with Crippen molar-refractivity contribution in [2.75, 3.05) is 0 Å². The predicted molar refractivity (Wildman–Crippen MR) is 101 cm³/mol. The topological polar surface area (TPSA) is 3.24 Å². The van der Waals surface area contributed by atoms with E-state index in [1.807, 2.05) is 0 Å². The highest BCUT2D eigenvalue weighted by molar-refractivity contribution is 6.05. The molecule has 0 N–H and O–H groups in total. The number of nitrogens with zero attached hydrogens (tertiary/aromatic N) is 1. The minimum Gasteiger partial charge on any atom is -0.343 e. The van der Waals surface area contributed by atoms with Gasteiger partial charge in [0.2, 0.25) is 0 Å². The molecule has 1 nitrogen and oxygen atoms in total. The van der Waals surface area contributed by atoms with Crippen LogP contribution in [0.2, 0.25) is 0 Å². The molecule has 0 spiro atoms. The van der Waals surface area contributed by atoms with Crippen molar-refractivity contribution in [1.29, 1.82) is 0 Å². The SMILES string of the molecule is BN1C2CCC(C2)C1C(C)(CCCCC)CCCCCCC. The van der Waals surface area contributed by atoms with Crippen LogP contribution < -0.4 is 0 Å². The van der Waals surface area contributed by atoms with Crippen LogP contribution in [0.1, 0.15) is 104 Å². The van der Waals surface area contributed by atoms with E-state index in [4.69, 9.17) is 0 Å². The van der Waals surface area contributed by atoms with Gasteiger partial charge in [0.25, 0.3) is 0 Å². The van der Waals surface area contributed by atoms with Crippen molar-refractivity contribution in [3.63, 3.8) is 0 Å². The van der Waals surface area contributed by atoms with Crippen LogP contribution in [0, 0.1) is 11.3 Å². The molecule has 0 aromatic rings. The zero-order chi connectivity index (χ0) is 16.0. The van der Waals surface area contributed by atoms with E-state index in [9.17, 15) is 0 Å². The normalized spacial score (nSPS) is 30.8. The van der Waals surface area contributed by atoms with E-state index in [2.05, 4.69) is 33.6 Å². The second-order valence-corrected chi connectivity index (χ2v) is 8.61. The summed E-state index contributed by atoms with van der Waals surface area (Å²) in [5, 5.41) is 0. The number of piperidine rings is 1. The minimum atomic E-state index is 0.579. The van der Waals surface area contributed by atoms with E-state index >= 15 is 0 Å². The summed E-state index contributed by atoms with van der Waals surface area (Å²) in [5.74, 6) is 1.01. The van der Waals surface area contributed by atoms with E-state index in [-0.39, 0.29) is 0 Å². The summed E-state index contributed by atoms with van der Waals surface area (Å²) in [6.07, 6.45) is 18.8. The summed E-state index contributed by atoms with van der Waals surface area (Å²) >= 11 is 0. The molecule has 0 aromatic carbocycles. The lowest BCUT2D eigenvalue weighted by atomic mass is 9.68. The average Bonchev–Trinajstić information content (AvgIpc) is 3.08. The summed E-state index contributed by atoms with van der Waals surface area (Å²) < 4.78 is 0. The van der Waals surface area contributed by atoms with E-state index in [0.717, 1.165) is 18.0 Å². The lowest BCUT2D eigenvalue weighted by molar-refractivity contribution is 0.0769. The standard InChI is InChI=1S/C20H40BN/c1-4-6-8-9-11-15-20(3,14-10-7-5-2)19-17-12-13-18(16-17)22(19)21/h17-19H,4-16,21H2,1-3H3. The number of unbranched alkanes of at least 4 members (excludes halogenated alkanes) is 6. The monoisotopic (exact) mass is 305 g/mol. The molecule has 1 saturated heterocycles. The molecule has 1 saturated carbocycles. The van der Waals surface area contributed by atoms with Crippen molar-refractivity contribution >= 4 is 7.98 Å². The molecule has 2 fully saturated rings. The minimum absolute atomic E-state index is 0.579. The van der Waals surface area contributed by atoms with Gasteiger partial charge in [-0.25, -0.2) is 0 Å². The molecule has 1 heterocycles. The first kappa shape index (κ1) is 18.4. The first-order valence-corrected chi connectivity index (χ1v) is 10.3. The number of rotatable bonds is 11. The van der Waals surface area contributed by atoms with Crippen LogP contribution in [0.4, 0.5) is 0 Å². The first-order chi connectivity index (χ1) is 10.6. The molecule has 2 bridgehead atoms. The van der Waals surface area contributed by atoms with Crippen LogP contribution >= 0.6 is 0 Å². The summed E-state index contributed by atoms with van der Waals surface area (Å²) in [6, 6.07) is 1.80. The molecular formula is C20H40BN. The molecule has 0 aromatic heterocycles. The van der Waals surface area contributed by atoms with Crippen molar-refractivity contribution in [3.8, 4) is 0 Å². The fourth-order valence-electron chi connectivity index (χ4n) is 5.60. The van der Waals surface area contributed by atoms with Crippen LogP contribution in [0.25, 0.3) is 0 Å². The Hall–Kier alpha value is 0.0249. The van der Waals surface area contributed by atoms with Crippen LogP contribution in [-0.4, -0.2) is 24.9 Å². The third kappa shape index (κ3) is 4.31. The van der Waals surface area contributed by atoms with Gasteiger partial charge in [0.15, 0.2) is 7.98 Å². The smallest absolute Gasteiger partial charge is 0.186 e. The van der Waals surface area contributed by atoms with Gasteiger partial charge in [0, 0.05) is 6.04 Å². The van der Waals surface area contributed by atoms with Crippen molar-refractivity contribution in [1.82, 2.24) is 4.81 Å². The zero-order valence-electron chi connectivity index (χ0n) is 15.9. The molecule has 4 atom stereocenters. The maximum atomic E-state index is 2.80. The molecule has 0 amide bonds. The lowest BCUT2D eigenvalue weighted by Crippen LogP contribution is -2.49. The third-order valence-electron chi connectivity index (χ3n) is 6.82. The van der Waals surface area contributed by atoms with Gasteiger partial charge in [-0.2, -0.15) is 0 Å². The maximum Gasteiger partial charge on any atom is 0.186 e. The zero-order valence-corrected chi connectivity index (χ0v) is 15.9. The largest absolute Gasteiger partial charge is 0.343 e. The van der Waals surface area contributed by atoms with E-state index in [1.165, 1.54) is 83.5 Å². The van der Waals surface area contributed by atoms with Crippen LogP contribution in [0.15, 0.2) is 0 Å². The summed E-state index contributed by atoms with van der Waals surface area (Å²) in [7, 11) is 2.43. The maximum absolute atomic E-state index is 2.80. The molecule has 2 aliphatic rings. The molecule has 128 valence electrons. The van der Waals surface area contributed by atoms with E-state index in [1.54, 1.807) is 0 Å². The summed E-state index contributed by atoms with van der Waals surface area (Å²) in [6.45, 7) is 7.30. The number of hydrogen-bond acceptors (Lipinski definition) is 1. The van der Waals surface area contributed by atoms with Crippen LogP contribution in [-0.2, 0) is 0 Å². The Bertz CT molecular complexity index is 317. The average molecular weight is 305 g/mol. The molecule has 1 aliphatic carbocycles. The van der Waals surface area contributed by atoms with Gasteiger partial charge in [-0.15, -0.1) is 0 Å². The quantitative estimate of drug-likeness (QED) is 0.368. The van der Waals surface area contributed by atoms with Crippen molar-refractivity contribution in [2.45, 2.75) is 116 Å². The van der Waals surface area contributed by atoms with Gasteiger partial charge < -0.3 is 4.81 Å². The van der Waals surface area contributed by atoms with E-state index in [0.29, 0.717) is 5.41 Å². The molecule has 2 heteroatoms. The highest BCUT2D eigenvalue weighted by Gasteiger charge is 2.50. The Morgan fingerprint density at radius 3 is 2.09 bits per heavy atom. The van der Waals surface area contributed by atoms with Crippen molar-refractivity contribution in [2.24, 2.45) is 11.3 Å². The Labute approximate surface area is 141 Å². The molecule has 2 rings (SSSR count). The van der Waals surface area contributed by atoms with Gasteiger partial charge in [0.1, 0.15) is 0 Å². The second kappa shape index (κ2) is 8.76. The fourth-order valence-corrected chi connectivity index (χ4v) is 5.60. The molecule has 1 aliphatic heterocycles.